The lowest BCUT2D eigenvalue weighted by molar-refractivity contribution is -0.137. The van der Waals surface area contributed by atoms with Crippen LogP contribution in [0.2, 0.25) is 0 Å². The number of rotatable bonds is 4. The van der Waals surface area contributed by atoms with Crippen LogP contribution in [-0.4, -0.2) is 17.1 Å². The molecule has 1 saturated heterocycles. The zero-order valence-corrected chi connectivity index (χ0v) is 11.7. The number of benzene rings is 1. The number of nitrogens with one attached hydrogen (secondary N) is 2. The summed E-state index contributed by atoms with van der Waals surface area (Å²) in [5.41, 5.74) is 10.9. The van der Waals surface area contributed by atoms with Crippen molar-refractivity contribution in [1.29, 1.82) is 0 Å². The van der Waals surface area contributed by atoms with E-state index < -0.39 is 5.97 Å². The topological polar surface area (TPSA) is 61.4 Å². The van der Waals surface area contributed by atoms with E-state index in [9.17, 15) is 4.79 Å². The third-order valence-corrected chi connectivity index (χ3v) is 4.46. The van der Waals surface area contributed by atoms with Crippen LogP contribution < -0.4 is 10.9 Å². The summed E-state index contributed by atoms with van der Waals surface area (Å²) in [4.78, 5) is 10.6. The van der Waals surface area contributed by atoms with Gasteiger partial charge in [0.05, 0.1) is 0 Å². The second-order valence-electron chi connectivity index (χ2n) is 5.94. The van der Waals surface area contributed by atoms with Gasteiger partial charge in [0.2, 0.25) is 0 Å². The molecule has 0 bridgehead atoms. The van der Waals surface area contributed by atoms with E-state index in [1.165, 1.54) is 42.4 Å². The third-order valence-electron chi connectivity index (χ3n) is 4.46. The Kier molecular flexibility index (Phi) is 4.03. The molecule has 1 fully saturated rings. The van der Waals surface area contributed by atoms with E-state index >= 15 is 0 Å². The molecule has 0 amide bonds. The number of carboxylic acid groups (broad SMARTS) is 1. The first-order valence-electron chi connectivity index (χ1n) is 7.57. The summed E-state index contributed by atoms with van der Waals surface area (Å²) in [6, 6.07) is 7.40. The molecule has 3 rings (SSSR count). The van der Waals surface area contributed by atoms with Gasteiger partial charge in [-0.25, -0.2) is 0 Å². The quantitative estimate of drug-likeness (QED) is 0.788. The molecule has 1 aromatic carbocycles. The summed E-state index contributed by atoms with van der Waals surface area (Å²) in [6.45, 7) is 0. The van der Waals surface area contributed by atoms with Crippen LogP contribution in [0.25, 0.3) is 0 Å². The standard InChI is InChI=1S/C16H22N2O2/c19-16(20)8-7-14-10-15(18-17-14)13-6-5-11-3-1-2-4-12(11)9-13/h5-6,9,14-15,17-18H,1-4,7-8,10H2,(H,19,20). The first kappa shape index (κ1) is 13.6. The number of aliphatic carboxylic acids is 1. The fourth-order valence-electron chi connectivity index (χ4n) is 3.30. The van der Waals surface area contributed by atoms with Crippen molar-refractivity contribution in [2.24, 2.45) is 0 Å². The van der Waals surface area contributed by atoms with Gasteiger partial charge in [0, 0.05) is 18.5 Å². The largest absolute Gasteiger partial charge is 0.481 e. The minimum Gasteiger partial charge on any atom is -0.481 e. The Morgan fingerprint density at radius 2 is 2.00 bits per heavy atom. The summed E-state index contributed by atoms with van der Waals surface area (Å²) in [5.74, 6) is -0.718. The van der Waals surface area contributed by atoms with Gasteiger partial charge in [-0.05, 0) is 55.2 Å². The highest BCUT2D eigenvalue weighted by molar-refractivity contribution is 5.66. The molecule has 0 saturated carbocycles. The minimum absolute atomic E-state index is 0.232. The highest BCUT2D eigenvalue weighted by atomic mass is 16.4. The van der Waals surface area contributed by atoms with Gasteiger partial charge < -0.3 is 5.11 Å². The van der Waals surface area contributed by atoms with Gasteiger partial charge >= 0.3 is 5.97 Å². The van der Waals surface area contributed by atoms with Gasteiger partial charge in [0.15, 0.2) is 0 Å². The van der Waals surface area contributed by atoms with Crippen LogP contribution in [0.3, 0.4) is 0 Å². The predicted octanol–water partition coefficient (Wildman–Crippen LogP) is 2.34. The van der Waals surface area contributed by atoms with Gasteiger partial charge in [0.25, 0.3) is 0 Å². The average Bonchev–Trinajstić information content (AvgIpc) is 2.93. The highest BCUT2D eigenvalue weighted by Gasteiger charge is 2.25. The van der Waals surface area contributed by atoms with Crippen molar-refractivity contribution < 1.29 is 9.90 Å². The van der Waals surface area contributed by atoms with Crippen LogP contribution in [0.15, 0.2) is 18.2 Å². The van der Waals surface area contributed by atoms with E-state index in [1.54, 1.807) is 0 Å². The Morgan fingerprint density at radius 3 is 2.80 bits per heavy atom. The molecular weight excluding hydrogens is 252 g/mol. The van der Waals surface area contributed by atoms with E-state index in [2.05, 4.69) is 29.1 Å². The van der Waals surface area contributed by atoms with Crippen LogP contribution in [0.4, 0.5) is 0 Å². The van der Waals surface area contributed by atoms with Crippen LogP contribution in [0, 0.1) is 0 Å². The zero-order valence-electron chi connectivity index (χ0n) is 11.7. The van der Waals surface area contributed by atoms with E-state index in [0.29, 0.717) is 12.5 Å². The predicted molar refractivity (Wildman–Crippen MR) is 77.4 cm³/mol. The molecule has 2 aliphatic rings. The Labute approximate surface area is 119 Å². The highest BCUT2D eigenvalue weighted by Crippen LogP contribution is 2.28. The molecule has 1 aliphatic carbocycles. The van der Waals surface area contributed by atoms with Crippen molar-refractivity contribution in [2.75, 3.05) is 0 Å². The van der Waals surface area contributed by atoms with Gasteiger partial charge in [0.1, 0.15) is 0 Å². The second-order valence-corrected chi connectivity index (χ2v) is 5.94. The second kappa shape index (κ2) is 5.94. The SMILES string of the molecule is O=C(O)CCC1CC(c2ccc3c(c2)CCCC3)NN1. The van der Waals surface area contributed by atoms with Gasteiger partial charge in [-0.1, -0.05) is 18.2 Å². The van der Waals surface area contributed by atoms with Crippen molar-refractivity contribution in [2.45, 2.75) is 57.0 Å². The molecule has 4 heteroatoms. The molecular formula is C16H22N2O2. The lowest BCUT2D eigenvalue weighted by Crippen LogP contribution is -2.31. The average molecular weight is 274 g/mol. The molecule has 1 aliphatic heterocycles. The Balaban J connectivity index is 1.64. The Morgan fingerprint density at radius 1 is 1.20 bits per heavy atom. The maximum atomic E-state index is 10.6. The molecule has 20 heavy (non-hydrogen) atoms. The first-order chi connectivity index (χ1) is 9.72. The van der Waals surface area contributed by atoms with Crippen molar-refractivity contribution in [1.82, 2.24) is 10.9 Å². The lowest BCUT2D eigenvalue weighted by atomic mass is 9.88. The number of aryl methyl sites for hydroxylation is 2. The van der Waals surface area contributed by atoms with Crippen molar-refractivity contribution in [3.8, 4) is 0 Å². The first-order valence-corrected chi connectivity index (χ1v) is 7.57. The summed E-state index contributed by atoms with van der Waals surface area (Å²) in [5, 5.41) is 8.74. The fraction of sp³-hybridized carbons (Fsp3) is 0.562. The normalized spacial score (nSPS) is 25.4. The van der Waals surface area contributed by atoms with Crippen LogP contribution in [-0.2, 0) is 17.6 Å². The number of fused-ring (bicyclic) bond motifs is 1. The summed E-state index contributed by atoms with van der Waals surface area (Å²) >= 11 is 0. The van der Waals surface area contributed by atoms with Crippen LogP contribution in [0.5, 0.6) is 0 Å². The minimum atomic E-state index is -0.718. The molecule has 2 unspecified atom stereocenters. The van der Waals surface area contributed by atoms with Crippen molar-refractivity contribution in [3.05, 3.63) is 34.9 Å². The summed E-state index contributed by atoms with van der Waals surface area (Å²) in [6.07, 6.45) is 6.91. The maximum absolute atomic E-state index is 10.6. The molecule has 108 valence electrons. The fourth-order valence-corrected chi connectivity index (χ4v) is 3.30. The van der Waals surface area contributed by atoms with Gasteiger partial charge in [-0.2, -0.15) is 0 Å². The molecule has 2 atom stereocenters. The number of hydrogen-bond acceptors (Lipinski definition) is 3. The molecule has 0 aromatic heterocycles. The van der Waals surface area contributed by atoms with E-state index in [4.69, 9.17) is 5.11 Å². The smallest absolute Gasteiger partial charge is 0.303 e. The van der Waals surface area contributed by atoms with E-state index in [-0.39, 0.29) is 12.5 Å². The number of hydrazine groups is 1. The number of carboxylic acids is 1. The van der Waals surface area contributed by atoms with Crippen LogP contribution in [0.1, 0.15) is 54.8 Å². The van der Waals surface area contributed by atoms with Crippen LogP contribution >= 0.6 is 0 Å². The summed E-state index contributed by atoms with van der Waals surface area (Å²) in [7, 11) is 0. The van der Waals surface area contributed by atoms with Gasteiger partial charge in [-0.15, -0.1) is 0 Å². The number of hydrogen-bond donors (Lipinski definition) is 3. The summed E-state index contributed by atoms with van der Waals surface area (Å²) < 4.78 is 0. The number of carbonyl (C=O) groups is 1. The van der Waals surface area contributed by atoms with Crippen molar-refractivity contribution in [3.63, 3.8) is 0 Å². The molecule has 0 spiro atoms. The maximum Gasteiger partial charge on any atom is 0.303 e. The van der Waals surface area contributed by atoms with E-state index in [0.717, 1.165) is 6.42 Å². The van der Waals surface area contributed by atoms with Crippen molar-refractivity contribution >= 4 is 5.97 Å². The zero-order chi connectivity index (χ0) is 13.9. The Bertz CT molecular complexity index is 501. The van der Waals surface area contributed by atoms with E-state index in [1.807, 2.05) is 0 Å². The Hall–Kier alpha value is -1.39. The molecule has 0 radical (unpaired) electrons. The molecule has 4 nitrogen and oxygen atoms in total. The third kappa shape index (κ3) is 3.02. The van der Waals surface area contributed by atoms with Gasteiger partial charge in [-0.3, -0.25) is 15.6 Å². The molecule has 3 N–H and O–H groups in total. The lowest BCUT2D eigenvalue weighted by Gasteiger charge is -2.18. The molecule has 1 heterocycles. The monoisotopic (exact) mass is 274 g/mol. The molecule has 1 aromatic rings.